The molecule has 1 aromatic heterocycles. The van der Waals surface area contributed by atoms with E-state index in [4.69, 9.17) is 9.26 Å². The van der Waals surface area contributed by atoms with E-state index >= 15 is 0 Å². The fourth-order valence-corrected chi connectivity index (χ4v) is 1.68. The van der Waals surface area contributed by atoms with E-state index in [2.05, 4.69) is 23.7 Å². The number of carbonyl (C=O) groups excluding carboxylic acids is 1. The molecule has 1 amide bonds. The van der Waals surface area contributed by atoms with Crippen LogP contribution in [0.4, 0.5) is 10.7 Å². The van der Waals surface area contributed by atoms with Crippen molar-refractivity contribution in [3.63, 3.8) is 0 Å². The topological polar surface area (TPSA) is 71.5 Å². The summed E-state index contributed by atoms with van der Waals surface area (Å²) in [6, 6.07) is 0. The summed E-state index contributed by atoms with van der Waals surface area (Å²) in [5, 5.41) is 8.35. The summed E-state index contributed by atoms with van der Waals surface area (Å²) in [5.74, 6) is 0.282. The second-order valence-electron chi connectivity index (χ2n) is 3.89. The van der Waals surface area contributed by atoms with Crippen molar-refractivity contribution in [3.05, 3.63) is 31.0 Å². The molecule has 0 radical (unpaired) electrons. The third kappa shape index (κ3) is 3.84. The third-order valence-electron chi connectivity index (χ3n) is 2.49. The fraction of sp³-hybridized carbons (Fsp3) is 0.462. The van der Waals surface area contributed by atoms with Crippen LogP contribution >= 0.6 is 0 Å². The van der Waals surface area contributed by atoms with Crippen LogP contribution in [0.2, 0.25) is 0 Å². The van der Waals surface area contributed by atoms with Gasteiger partial charge in [-0.2, -0.15) is 0 Å². The largest absolute Gasteiger partial charge is 0.450 e. The molecule has 1 rings (SSSR count). The molecule has 0 saturated carbocycles. The molecule has 0 saturated heterocycles. The van der Waals surface area contributed by atoms with Crippen LogP contribution in [0.1, 0.15) is 19.5 Å². The molecule has 0 aliphatic heterocycles. The lowest BCUT2D eigenvalue weighted by Gasteiger charge is -2.09. The average molecular weight is 281 g/mol. The number of hydrogen-bond acceptors (Lipinski definition) is 5. The van der Waals surface area contributed by atoms with Crippen LogP contribution in [-0.4, -0.2) is 31.1 Å². The lowest BCUT2D eigenvalue weighted by molar-refractivity contribution is -0.762. The Morgan fingerprint density at radius 3 is 2.60 bits per heavy atom. The van der Waals surface area contributed by atoms with E-state index in [1.807, 2.05) is 11.9 Å². The number of ether oxygens (including phenoxy) is 1. The summed E-state index contributed by atoms with van der Waals surface area (Å²) in [7, 11) is 0. The number of nitrogens with zero attached hydrogens (tertiary/aromatic N) is 3. The standard InChI is InChI=1S/C13H20N4O3/c1-5-9-16(10-6-2)17-11(7-3)12(20-15-17)14-13(18)19-8-4/h5-6H,1-2,7-10H2,3-4H3/p+1. The zero-order chi connectivity index (χ0) is 15.0. The number of carbonyl (C=O) groups is 1. The highest BCUT2D eigenvalue weighted by molar-refractivity contribution is 5.83. The summed E-state index contributed by atoms with van der Waals surface area (Å²) in [4.78, 5) is 13.0. The minimum atomic E-state index is -0.565. The average Bonchev–Trinajstić information content (AvgIpc) is 2.81. The molecule has 0 bridgehead atoms. The van der Waals surface area contributed by atoms with Gasteiger partial charge in [-0.3, -0.25) is 9.84 Å². The quantitative estimate of drug-likeness (QED) is 0.576. The molecule has 0 aliphatic rings. The van der Waals surface area contributed by atoms with Gasteiger partial charge in [-0.05, 0) is 6.92 Å². The predicted molar refractivity (Wildman–Crippen MR) is 75.1 cm³/mol. The molecule has 20 heavy (non-hydrogen) atoms. The molecular weight excluding hydrogens is 260 g/mol. The summed E-state index contributed by atoms with van der Waals surface area (Å²) in [5.41, 5.74) is 0.738. The Labute approximate surface area is 118 Å². The van der Waals surface area contributed by atoms with Crippen molar-refractivity contribution in [1.29, 1.82) is 0 Å². The van der Waals surface area contributed by atoms with Crippen molar-refractivity contribution in [3.8, 4) is 0 Å². The maximum Gasteiger partial charge on any atom is 0.414 e. The van der Waals surface area contributed by atoms with Crippen molar-refractivity contribution in [2.24, 2.45) is 0 Å². The molecule has 0 atom stereocenters. The van der Waals surface area contributed by atoms with Gasteiger partial charge in [0.25, 0.3) is 0 Å². The van der Waals surface area contributed by atoms with Crippen molar-refractivity contribution < 1.29 is 18.8 Å². The zero-order valence-corrected chi connectivity index (χ0v) is 12.0. The molecule has 110 valence electrons. The van der Waals surface area contributed by atoms with Crippen LogP contribution in [0.15, 0.2) is 29.8 Å². The van der Waals surface area contributed by atoms with Gasteiger partial charge in [0.1, 0.15) is 0 Å². The third-order valence-corrected chi connectivity index (χ3v) is 2.49. The first-order valence-electron chi connectivity index (χ1n) is 6.49. The van der Waals surface area contributed by atoms with Crippen LogP contribution in [0.5, 0.6) is 0 Å². The lowest BCUT2D eigenvalue weighted by atomic mass is 10.3. The number of amides is 1. The van der Waals surface area contributed by atoms with Gasteiger partial charge in [-0.25, -0.2) is 4.79 Å². The Kier molecular flexibility index (Phi) is 6.28. The van der Waals surface area contributed by atoms with Crippen LogP contribution < -0.4 is 15.1 Å². The summed E-state index contributed by atoms with van der Waals surface area (Å²) < 4.78 is 9.99. The Bertz CT molecular complexity index is 460. The molecule has 0 unspecified atom stereocenters. The van der Waals surface area contributed by atoms with Gasteiger partial charge in [-0.1, -0.05) is 19.1 Å². The zero-order valence-electron chi connectivity index (χ0n) is 12.0. The monoisotopic (exact) mass is 281 g/mol. The molecule has 1 heterocycles. The van der Waals surface area contributed by atoms with Crippen molar-refractivity contribution >= 4 is 12.0 Å². The SMILES string of the molecule is C=CCN(CC=C)[n+]1noc(NC(=O)OCC)c1CC. The van der Waals surface area contributed by atoms with E-state index in [0.29, 0.717) is 26.1 Å². The van der Waals surface area contributed by atoms with Crippen molar-refractivity contribution in [2.75, 3.05) is 30.0 Å². The van der Waals surface area contributed by atoms with E-state index in [-0.39, 0.29) is 5.88 Å². The van der Waals surface area contributed by atoms with Crippen molar-refractivity contribution in [2.45, 2.75) is 20.3 Å². The highest BCUT2D eigenvalue weighted by Crippen LogP contribution is 2.11. The van der Waals surface area contributed by atoms with E-state index in [1.165, 1.54) is 0 Å². The van der Waals surface area contributed by atoms with Gasteiger partial charge >= 0.3 is 17.7 Å². The van der Waals surface area contributed by atoms with E-state index in [0.717, 1.165) is 5.69 Å². The van der Waals surface area contributed by atoms with E-state index < -0.39 is 6.09 Å². The Balaban J connectivity index is 2.97. The molecule has 0 fully saturated rings. The van der Waals surface area contributed by atoms with Crippen LogP contribution in [0, 0.1) is 0 Å². The lowest BCUT2D eigenvalue weighted by Crippen LogP contribution is -2.61. The van der Waals surface area contributed by atoms with Crippen molar-refractivity contribution in [1.82, 2.24) is 5.27 Å². The first-order chi connectivity index (χ1) is 9.67. The molecular formula is C13H21N4O3+. The molecule has 1 N–H and O–H groups in total. The smallest absolute Gasteiger partial charge is 0.414 e. The maximum absolute atomic E-state index is 11.4. The van der Waals surface area contributed by atoms with Gasteiger partial charge in [0.15, 0.2) is 0 Å². The van der Waals surface area contributed by atoms with Gasteiger partial charge in [0.05, 0.1) is 24.5 Å². The first kappa shape index (κ1) is 15.7. The minimum absolute atomic E-state index is 0.282. The molecule has 1 aromatic rings. The maximum atomic E-state index is 11.4. The Hall–Kier alpha value is -2.31. The number of hydrogen-bond donors (Lipinski definition) is 1. The van der Waals surface area contributed by atoms with Gasteiger partial charge in [-0.15, -0.1) is 18.2 Å². The molecule has 0 aromatic carbocycles. The second-order valence-corrected chi connectivity index (χ2v) is 3.89. The highest BCUT2D eigenvalue weighted by atomic mass is 16.6. The number of aromatic nitrogens is 2. The Morgan fingerprint density at radius 2 is 2.10 bits per heavy atom. The van der Waals surface area contributed by atoms with Crippen LogP contribution in [-0.2, 0) is 11.2 Å². The normalized spacial score (nSPS) is 9.90. The summed E-state index contributed by atoms with van der Waals surface area (Å²) >= 11 is 0. The van der Waals surface area contributed by atoms with Gasteiger partial charge in [0.2, 0.25) is 5.27 Å². The van der Waals surface area contributed by atoms with Gasteiger partial charge < -0.3 is 4.74 Å². The van der Waals surface area contributed by atoms with E-state index in [1.54, 1.807) is 23.9 Å². The van der Waals surface area contributed by atoms with Crippen LogP contribution in [0.3, 0.4) is 0 Å². The van der Waals surface area contributed by atoms with E-state index in [9.17, 15) is 4.79 Å². The second kappa shape index (κ2) is 7.98. The van der Waals surface area contributed by atoms with Gasteiger partial charge in [0, 0.05) is 6.42 Å². The first-order valence-corrected chi connectivity index (χ1v) is 6.49. The molecule has 7 heteroatoms. The minimum Gasteiger partial charge on any atom is -0.450 e. The Morgan fingerprint density at radius 1 is 1.45 bits per heavy atom. The molecule has 0 spiro atoms. The number of anilines is 1. The molecule has 0 aliphatic carbocycles. The summed E-state index contributed by atoms with van der Waals surface area (Å²) in [6.07, 6.45) is 3.58. The number of nitrogens with one attached hydrogen (secondary N) is 1. The fourth-order valence-electron chi connectivity index (χ4n) is 1.68. The highest BCUT2D eigenvalue weighted by Gasteiger charge is 2.29. The number of rotatable bonds is 8. The molecule has 7 nitrogen and oxygen atoms in total. The predicted octanol–water partition coefficient (Wildman–Crippen LogP) is 1.40. The summed E-state index contributed by atoms with van der Waals surface area (Å²) in [6.45, 7) is 12.5. The van der Waals surface area contributed by atoms with Crippen LogP contribution in [0.25, 0.3) is 0 Å².